The normalized spacial score (nSPS) is 15.2. The molecule has 1 unspecified atom stereocenters. The highest BCUT2D eigenvalue weighted by atomic mass is 16.5. The molecule has 7 nitrogen and oxygen atoms in total. The summed E-state index contributed by atoms with van der Waals surface area (Å²) in [6, 6.07) is 7.92. The maximum atomic E-state index is 12.6. The molecule has 0 spiro atoms. The van der Waals surface area contributed by atoms with Gasteiger partial charge in [0.1, 0.15) is 6.04 Å². The number of ether oxygens (including phenoxy) is 1. The molecule has 0 bridgehead atoms. The molecule has 1 aliphatic rings. The Morgan fingerprint density at radius 2 is 1.93 bits per heavy atom. The van der Waals surface area contributed by atoms with Crippen LogP contribution in [-0.2, 0) is 16.0 Å². The van der Waals surface area contributed by atoms with Gasteiger partial charge in [-0.05, 0) is 48.4 Å². The SMILES string of the molecule is Cc1cc(C(=O)NC(Cc2ccncc2)C(=O)O)ccc1N1CCOCC1. The zero-order chi connectivity index (χ0) is 19.2. The minimum Gasteiger partial charge on any atom is -0.480 e. The number of carboxylic acids is 1. The first kappa shape index (κ1) is 18.8. The molecule has 1 fully saturated rings. The lowest BCUT2D eigenvalue weighted by Gasteiger charge is -2.30. The van der Waals surface area contributed by atoms with E-state index in [1.165, 1.54) is 0 Å². The Balaban J connectivity index is 1.70. The summed E-state index contributed by atoms with van der Waals surface area (Å²) in [5.74, 6) is -1.46. The minimum absolute atomic E-state index is 0.203. The molecule has 1 aromatic carbocycles. The van der Waals surface area contributed by atoms with Gasteiger partial charge in [-0.25, -0.2) is 4.79 Å². The number of aryl methyl sites for hydroxylation is 1. The van der Waals surface area contributed by atoms with Crippen LogP contribution in [0, 0.1) is 6.92 Å². The van der Waals surface area contributed by atoms with Gasteiger partial charge in [-0.2, -0.15) is 0 Å². The van der Waals surface area contributed by atoms with Crippen LogP contribution in [0.4, 0.5) is 5.69 Å². The molecule has 1 amide bonds. The number of hydrogen-bond donors (Lipinski definition) is 2. The van der Waals surface area contributed by atoms with E-state index in [4.69, 9.17) is 4.74 Å². The van der Waals surface area contributed by atoms with Gasteiger partial charge in [-0.15, -0.1) is 0 Å². The number of anilines is 1. The molecular weight excluding hydrogens is 346 g/mol. The molecule has 1 aliphatic heterocycles. The summed E-state index contributed by atoms with van der Waals surface area (Å²) >= 11 is 0. The molecule has 2 N–H and O–H groups in total. The molecule has 1 aromatic heterocycles. The van der Waals surface area contributed by atoms with Gasteiger partial charge in [0.25, 0.3) is 5.91 Å². The number of rotatable bonds is 6. The number of nitrogens with zero attached hydrogens (tertiary/aromatic N) is 2. The van der Waals surface area contributed by atoms with Crippen LogP contribution in [0.2, 0.25) is 0 Å². The zero-order valence-corrected chi connectivity index (χ0v) is 15.2. The highest BCUT2D eigenvalue weighted by Crippen LogP contribution is 2.22. The summed E-state index contributed by atoms with van der Waals surface area (Å²) in [5, 5.41) is 12.1. The number of amides is 1. The average Bonchev–Trinajstić information content (AvgIpc) is 2.68. The summed E-state index contributed by atoms with van der Waals surface area (Å²) in [6.07, 6.45) is 3.40. The largest absolute Gasteiger partial charge is 0.480 e. The van der Waals surface area contributed by atoms with Crippen molar-refractivity contribution in [3.8, 4) is 0 Å². The first-order valence-electron chi connectivity index (χ1n) is 8.90. The first-order valence-corrected chi connectivity index (χ1v) is 8.90. The van der Waals surface area contributed by atoms with E-state index in [0.29, 0.717) is 18.8 Å². The van der Waals surface area contributed by atoms with E-state index < -0.39 is 17.9 Å². The van der Waals surface area contributed by atoms with Gasteiger partial charge in [-0.3, -0.25) is 9.78 Å². The zero-order valence-electron chi connectivity index (χ0n) is 15.2. The van der Waals surface area contributed by atoms with E-state index >= 15 is 0 Å². The van der Waals surface area contributed by atoms with Crippen molar-refractivity contribution >= 4 is 17.6 Å². The Kier molecular flexibility index (Phi) is 6.03. The van der Waals surface area contributed by atoms with Gasteiger partial charge in [0.2, 0.25) is 0 Å². The maximum absolute atomic E-state index is 12.6. The first-order chi connectivity index (χ1) is 13.0. The Bertz CT molecular complexity index is 804. The van der Waals surface area contributed by atoms with Crippen LogP contribution in [0.3, 0.4) is 0 Å². The van der Waals surface area contributed by atoms with E-state index in [2.05, 4.69) is 15.2 Å². The smallest absolute Gasteiger partial charge is 0.326 e. The molecule has 27 heavy (non-hydrogen) atoms. The summed E-state index contributed by atoms with van der Waals surface area (Å²) in [4.78, 5) is 30.3. The molecule has 0 aliphatic carbocycles. The van der Waals surface area contributed by atoms with Crippen molar-refractivity contribution in [2.45, 2.75) is 19.4 Å². The van der Waals surface area contributed by atoms with Gasteiger partial charge < -0.3 is 20.1 Å². The van der Waals surface area contributed by atoms with Crippen molar-refractivity contribution in [1.29, 1.82) is 0 Å². The standard InChI is InChI=1S/C20H23N3O4/c1-14-12-16(2-3-18(14)23-8-10-27-11-9-23)19(24)22-17(20(25)26)13-15-4-6-21-7-5-15/h2-7,12,17H,8-11,13H2,1H3,(H,22,24)(H,25,26). The maximum Gasteiger partial charge on any atom is 0.326 e. The molecule has 1 atom stereocenters. The van der Waals surface area contributed by atoms with Crippen molar-refractivity contribution < 1.29 is 19.4 Å². The number of aliphatic carboxylic acids is 1. The van der Waals surface area contributed by atoms with Crippen LogP contribution >= 0.6 is 0 Å². The number of carbonyl (C=O) groups is 2. The number of benzene rings is 1. The van der Waals surface area contributed by atoms with Crippen LogP contribution in [0.15, 0.2) is 42.7 Å². The van der Waals surface area contributed by atoms with Crippen LogP contribution in [0.5, 0.6) is 0 Å². The number of carboxylic acid groups (broad SMARTS) is 1. The fourth-order valence-corrected chi connectivity index (χ4v) is 3.15. The van der Waals surface area contributed by atoms with Gasteiger partial charge >= 0.3 is 5.97 Å². The van der Waals surface area contributed by atoms with Gasteiger partial charge in [0.05, 0.1) is 13.2 Å². The fourth-order valence-electron chi connectivity index (χ4n) is 3.15. The molecule has 2 heterocycles. The number of pyridine rings is 1. The molecule has 1 saturated heterocycles. The molecule has 142 valence electrons. The quantitative estimate of drug-likeness (QED) is 0.805. The molecule has 3 rings (SSSR count). The summed E-state index contributed by atoms with van der Waals surface area (Å²) in [7, 11) is 0. The van der Waals surface area contributed by atoms with E-state index in [1.54, 1.807) is 36.7 Å². The van der Waals surface area contributed by atoms with Gasteiger partial charge in [0, 0.05) is 43.2 Å². The monoisotopic (exact) mass is 369 g/mol. The van der Waals surface area contributed by atoms with Crippen molar-refractivity contribution in [1.82, 2.24) is 10.3 Å². The molecule has 0 saturated carbocycles. The lowest BCUT2D eigenvalue weighted by molar-refractivity contribution is -0.139. The summed E-state index contributed by atoms with van der Waals surface area (Å²) in [5.41, 5.74) is 3.30. The Morgan fingerprint density at radius 1 is 1.22 bits per heavy atom. The second kappa shape index (κ2) is 8.64. The van der Waals surface area contributed by atoms with Crippen molar-refractivity contribution in [2.24, 2.45) is 0 Å². The highest BCUT2D eigenvalue weighted by molar-refractivity contribution is 5.97. The van der Waals surface area contributed by atoms with Crippen LogP contribution in [-0.4, -0.2) is 54.3 Å². The molecule has 2 aromatic rings. The fraction of sp³-hybridized carbons (Fsp3) is 0.350. The number of morpholine rings is 1. The molecule has 0 radical (unpaired) electrons. The highest BCUT2D eigenvalue weighted by Gasteiger charge is 2.22. The number of aromatic nitrogens is 1. The Morgan fingerprint density at radius 3 is 2.56 bits per heavy atom. The van der Waals surface area contributed by atoms with E-state index in [0.717, 1.165) is 29.9 Å². The predicted molar refractivity (Wildman–Crippen MR) is 101 cm³/mol. The van der Waals surface area contributed by atoms with Gasteiger partial charge in [-0.1, -0.05) is 0 Å². The van der Waals surface area contributed by atoms with Crippen LogP contribution in [0.25, 0.3) is 0 Å². The van der Waals surface area contributed by atoms with Crippen molar-refractivity contribution in [2.75, 3.05) is 31.2 Å². The summed E-state index contributed by atoms with van der Waals surface area (Å²) in [6.45, 7) is 4.97. The molecular formula is C20H23N3O4. The van der Waals surface area contributed by atoms with E-state index in [9.17, 15) is 14.7 Å². The van der Waals surface area contributed by atoms with E-state index in [-0.39, 0.29) is 6.42 Å². The second-order valence-electron chi connectivity index (χ2n) is 6.52. The number of hydrogen-bond acceptors (Lipinski definition) is 5. The average molecular weight is 369 g/mol. The third-order valence-corrected chi connectivity index (χ3v) is 4.60. The van der Waals surface area contributed by atoms with Crippen LogP contribution in [0.1, 0.15) is 21.5 Å². The predicted octanol–water partition coefficient (Wildman–Crippen LogP) is 1.65. The van der Waals surface area contributed by atoms with E-state index in [1.807, 2.05) is 13.0 Å². The topological polar surface area (TPSA) is 91.8 Å². The Labute approximate surface area is 158 Å². The third-order valence-electron chi connectivity index (χ3n) is 4.60. The third kappa shape index (κ3) is 4.83. The van der Waals surface area contributed by atoms with Crippen LogP contribution < -0.4 is 10.2 Å². The number of carbonyl (C=O) groups excluding carboxylic acids is 1. The number of nitrogens with one attached hydrogen (secondary N) is 1. The van der Waals surface area contributed by atoms with Crippen molar-refractivity contribution in [3.63, 3.8) is 0 Å². The van der Waals surface area contributed by atoms with Crippen molar-refractivity contribution in [3.05, 3.63) is 59.4 Å². The van der Waals surface area contributed by atoms with Gasteiger partial charge in [0.15, 0.2) is 0 Å². The second-order valence-corrected chi connectivity index (χ2v) is 6.52. The minimum atomic E-state index is -1.07. The lowest BCUT2D eigenvalue weighted by atomic mass is 10.0. The Hall–Kier alpha value is -2.93. The lowest BCUT2D eigenvalue weighted by Crippen LogP contribution is -2.42. The summed E-state index contributed by atoms with van der Waals surface area (Å²) < 4.78 is 5.37. The molecule has 7 heteroatoms.